The topological polar surface area (TPSA) is 49.8 Å². The molecule has 0 saturated carbocycles. The van der Waals surface area contributed by atoms with Crippen molar-refractivity contribution in [2.24, 2.45) is 5.73 Å². The summed E-state index contributed by atoms with van der Waals surface area (Å²) in [6.45, 7) is 3.82. The standard InChI is InChI=1S/C11H13FN2/c1-11(2,7-14)10-5-9(12)4-3-8(10)6-13/h3-5H,6,13H2,1-2H3. The monoisotopic (exact) mass is 192 g/mol. The van der Waals surface area contributed by atoms with E-state index in [4.69, 9.17) is 11.0 Å². The summed E-state index contributed by atoms with van der Waals surface area (Å²) in [6.07, 6.45) is 0. The summed E-state index contributed by atoms with van der Waals surface area (Å²) in [5.41, 5.74) is 6.31. The predicted octanol–water partition coefficient (Wildman–Crippen LogP) is 2.09. The Morgan fingerprint density at radius 3 is 2.64 bits per heavy atom. The summed E-state index contributed by atoms with van der Waals surface area (Å²) in [5.74, 6) is -0.333. The lowest BCUT2D eigenvalue weighted by molar-refractivity contribution is 0.608. The van der Waals surface area contributed by atoms with E-state index in [-0.39, 0.29) is 5.82 Å². The van der Waals surface area contributed by atoms with Gasteiger partial charge in [0, 0.05) is 6.54 Å². The zero-order valence-electron chi connectivity index (χ0n) is 8.34. The van der Waals surface area contributed by atoms with Crippen molar-refractivity contribution in [1.29, 1.82) is 5.26 Å². The maximum Gasteiger partial charge on any atom is 0.123 e. The summed E-state index contributed by atoms with van der Waals surface area (Å²) in [5, 5.41) is 8.95. The number of benzene rings is 1. The molecule has 0 aromatic heterocycles. The number of nitriles is 1. The SMILES string of the molecule is CC(C)(C#N)c1cc(F)ccc1CN. The van der Waals surface area contributed by atoms with E-state index in [0.717, 1.165) is 5.56 Å². The van der Waals surface area contributed by atoms with Crippen molar-refractivity contribution in [2.45, 2.75) is 25.8 Å². The molecule has 0 heterocycles. The number of hydrogen-bond donors (Lipinski definition) is 1. The highest BCUT2D eigenvalue weighted by atomic mass is 19.1. The Kier molecular flexibility index (Phi) is 2.87. The van der Waals surface area contributed by atoms with Crippen molar-refractivity contribution in [3.05, 3.63) is 35.1 Å². The lowest BCUT2D eigenvalue weighted by Gasteiger charge is -2.19. The van der Waals surface area contributed by atoms with Gasteiger partial charge in [0.25, 0.3) is 0 Å². The van der Waals surface area contributed by atoms with E-state index in [1.54, 1.807) is 19.9 Å². The third-order valence-corrected chi connectivity index (χ3v) is 2.24. The first-order valence-corrected chi connectivity index (χ1v) is 4.41. The molecule has 0 aliphatic rings. The number of nitrogens with zero attached hydrogens (tertiary/aromatic N) is 1. The van der Waals surface area contributed by atoms with Crippen LogP contribution in [0.1, 0.15) is 25.0 Å². The van der Waals surface area contributed by atoms with Crippen molar-refractivity contribution in [3.8, 4) is 6.07 Å². The van der Waals surface area contributed by atoms with Gasteiger partial charge in [-0.3, -0.25) is 0 Å². The van der Waals surface area contributed by atoms with E-state index in [1.807, 2.05) is 0 Å². The Bertz CT molecular complexity index is 377. The Labute approximate surface area is 83.2 Å². The second-order valence-electron chi connectivity index (χ2n) is 3.74. The molecule has 74 valence electrons. The van der Waals surface area contributed by atoms with E-state index in [0.29, 0.717) is 12.1 Å². The van der Waals surface area contributed by atoms with Crippen LogP contribution >= 0.6 is 0 Å². The minimum Gasteiger partial charge on any atom is -0.326 e. The highest BCUT2D eigenvalue weighted by Crippen LogP contribution is 2.26. The zero-order chi connectivity index (χ0) is 10.8. The molecule has 1 rings (SSSR count). The van der Waals surface area contributed by atoms with Crippen LogP contribution in [0, 0.1) is 17.1 Å². The van der Waals surface area contributed by atoms with Crippen LogP contribution in [-0.2, 0) is 12.0 Å². The van der Waals surface area contributed by atoms with Gasteiger partial charge in [0.1, 0.15) is 5.82 Å². The molecule has 2 N–H and O–H groups in total. The fourth-order valence-electron chi connectivity index (χ4n) is 1.37. The third kappa shape index (κ3) is 1.91. The molecule has 0 spiro atoms. The number of nitrogens with two attached hydrogens (primary N) is 1. The van der Waals surface area contributed by atoms with Gasteiger partial charge >= 0.3 is 0 Å². The molecule has 0 aliphatic carbocycles. The van der Waals surface area contributed by atoms with Gasteiger partial charge in [0.05, 0.1) is 11.5 Å². The van der Waals surface area contributed by atoms with Gasteiger partial charge in [-0.15, -0.1) is 0 Å². The van der Waals surface area contributed by atoms with Gasteiger partial charge in [-0.2, -0.15) is 5.26 Å². The molecule has 0 atom stereocenters. The largest absolute Gasteiger partial charge is 0.326 e. The molecule has 0 aliphatic heterocycles. The van der Waals surface area contributed by atoms with E-state index in [1.165, 1.54) is 12.1 Å². The second kappa shape index (κ2) is 3.77. The summed E-state index contributed by atoms with van der Waals surface area (Å²) in [4.78, 5) is 0. The van der Waals surface area contributed by atoms with Gasteiger partial charge in [0.15, 0.2) is 0 Å². The molecule has 2 nitrogen and oxygen atoms in total. The Morgan fingerprint density at radius 2 is 2.14 bits per heavy atom. The fraction of sp³-hybridized carbons (Fsp3) is 0.364. The number of hydrogen-bond acceptors (Lipinski definition) is 2. The van der Waals surface area contributed by atoms with Gasteiger partial charge in [-0.1, -0.05) is 6.07 Å². The Morgan fingerprint density at radius 1 is 1.50 bits per heavy atom. The van der Waals surface area contributed by atoms with Crippen LogP contribution in [-0.4, -0.2) is 0 Å². The normalized spacial score (nSPS) is 11.1. The second-order valence-corrected chi connectivity index (χ2v) is 3.74. The fourth-order valence-corrected chi connectivity index (χ4v) is 1.37. The lowest BCUT2D eigenvalue weighted by atomic mass is 9.83. The molecule has 0 amide bonds. The molecule has 0 fully saturated rings. The van der Waals surface area contributed by atoms with Crippen LogP contribution in [0.3, 0.4) is 0 Å². The predicted molar refractivity (Wildman–Crippen MR) is 52.9 cm³/mol. The molecule has 14 heavy (non-hydrogen) atoms. The first-order valence-electron chi connectivity index (χ1n) is 4.41. The highest BCUT2D eigenvalue weighted by Gasteiger charge is 2.23. The number of rotatable bonds is 2. The summed E-state index contributed by atoms with van der Waals surface area (Å²) in [7, 11) is 0. The smallest absolute Gasteiger partial charge is 0.123 e. The summed E-state index contributed by atoms with van der Waals surface area (Å²) in [6, 6.07) is 6.51. The molecule has 0 unspecified atom stereocenters. The van der Waals surface area contributed by atoms with Crippen molar-refractivity contribution in [3.63, 3.8) is 0 Å². The van der Waals surface area contributed by atoms with E-state index in [2.05, 4.69) is 6.07 Å². The molecular weight excluding hydrogens is 179 g/mol. The van der Waals surface area contributed by atoms with Crippen LogP contribution in [0.25, 0.3) is 0 Å². The number of halogens is 1. The Hall–Kier alpha value is -1.40. The molecule has 0 radical (unpaired) electrons. The summed E-state index contributed by atoms with van der Waals surface area (Å²) < 4.78 is 13.0. The van der Waals surface area contributed by atoms with Gasteiger partial charge < -0.3 is 5.73 Å². The van der Waals surface area contributed by atoms with E-state index < -0.39 is 5.41 Å². The molecule has 0 saturated heterocycles. The first kappa shape index (κ1) is 10.7. The molecule has 0 bridgehead atoms. The van der Waals surface area contributed by atoms with E-state index in [9.17, 15) is 4.39 Å². The average Bonchev–Trinajstić information content (AvgIpc) is 2.18. The summed E-state index contributed by atoms with van der Waals surface area (Å²) >= 11 is 0. The molecular formula is C11H13FN2. The Balaban J connectivity index is 3.32. The van der Waals surface area contributed by atoms with Crippen molar-refractivity contribution in [1.82, 2.24) is 0 Å². The maximum atomic E-state index is 13.0. The lowest BCUT2D eigenvalue weighted by Crippen LogP contribution is -2.18. The van der Waals surface area contributed by atoms with Gasteiger partial charge in [-0.05, 0) is 37.1 Å². The molecule has 1 aromatic rings. The zero-order valence-corrected chi connectivity index (χ0v) is 8.34. The van der Waals surface area contributed by atoms with Gasteiger partial charge in [-0.25, -0.2) is 4.39 Å². The van der Waals surface area contributed by atoms with Gasteiger partial charge in [0.2, 0.25) is 0 Å². The van der Waals surface area contributed by atoms with Crippen LogP contribution in [0.2, 0.25) is 0 Å². The van der Waals surface area contributed by atoms with Crippen molar-refractivity contribution >= 4 is 0 Å². The molecule has 3 heteroatoms. The first-order chi connectivity index (χ1) is 6.51. The minimum atomic E-state index is -0.698. The van der Waals surface area contributed by atoms with Crippen LogP contribution in [0.4, 0.5) is 4.39 Å². The minimum absolute atomic E-state index is 0.320. The molecule has 1 aromatic carbocycles. The highest BCUT2D eigenvalue weighted by molar-refractivity contribution is 5.38. The van der Waals surface area contributed by atoms with Crippen molar-refractivity contribution < 1.29 is 4.39 Å². The van der Waals surface area contributed by atoms with Crippen LogP contribution in [0.5, 0.6) is 0 Å². The maximum absolute atomic E-state index is 13.0. The van der Waals surface area contributed by atoms with E-state index >= 15 is 0 Å². The van der Waals surface area contributed by atoms with Crippen molar-refractivity contribution in [2.75, 3.05) is 0 Å². The van der Waals surface area contributed by atoms with Crippen LogP contribution in [0.15, 0.2) is 18.2 Å². The average molecular weight is 192 g/mol. The quantitative estimate of drug-likeness (QED) is 0.780. The third-order valence-electron chi connectivity index (χ3n) is 2.24. The van der Waals surface area contributed by atoms with Crippen LogP contribution < -0.4 is 5.73 Å².